The maximum atomic E-state index is 13.4. The van der Waals surface area contributed by atoms with Gasteiger partial charge in [-0.2, -0.15) is 17.5 Å². The molecule has 2 aliphatic heterocycles. The summed E-state index contributed by atoms with van der Waals surface area (Å²) in [5.74, 6) is 0.358. The summed E-state index contributed by atoms with van der Waals surface area (Å²) in [5, 5.41) is 10.0. The Balaban J connectivity index is 1.59. The van der Waals surface area contributed by atoms with Gasteiger partial charge in [0.05, 0.1) is 4.91 Å². The van der Waals surface area contributed by atoms with Gasteiger partial charge >= 0.3 is 6.18 Å². The topological polar surface area (TPSA) is 70.1 Å². The smallest absolute Gasteiger partial charge is 0.381 e. The van der Waals surface area contributed by atoms with Gasteiger partial charge < -0.3 is 14.7 Å². The number of hydrogen-bond donors (Lipinski definition) is 1. The molecule has 0 radical (unpaired) electrons. The molecule has 198 valence electrons. The fraction of sp³-hybridized carbons (Fsp3) is 0.560. The highest BCUT2D eigenvalue weighted by atomic mass is 32.2. The van der Waals surface area contributed by atoms with E-state index >= 15 is 0 Å². The van der Waals surface area contributed by atoms with E-state index in [-0.39, 0.29) is 29.6 Å². The molecule has 2 heterocycles. The molecule has 6 nitrogen and oxygen atoms in total. The summed E-state index contributed by atoms with van der Waals surface area (Å²) in [4.78, 5) is 2.63. The number of alkyl halides is 3. The maximum absolute atomic E-state index is 13.4. The number of anilines is 1. The number of rotatable bonds is 6. The minimum atomic E-state index is -4.80. The first-order valence-corrected chi connectivity index (χ1v) is 13.9. The van der Waals surface area contributed by atoms with Gasteiger partial charge in [0.25, 0.3) is 0 Å². The minimum absolute atomic E-state index is 0.164. The molecule has 2 saturated heterocycles. The standard InChI is InChI=1S/C25H31F3N2O4S2/c1-24(31,25(26,27)28)19-6-8-20(9-7-19)30-13-12-29(17-21(30)16-18-10-14-34-15-11-18)36(32,33)23-5-3-2-4-22(23)35/h2-3,5-9,18,21,31H,4,10-17H2,1H3/t21-,24-/m0/s1. The van der Waals surface area contributed by atoms with Crippen LogP contribution in [-0.4, -0.2) is 67.8 Å². The van der Waals surface area contributed by atoms with Gasteiger partial charge in [-0.15, -0.1) is 0 Å². The summed E-state index contributed by atoms with van der Waals surface area (Å²) < 4.78 is 73.7. The molecule has 0 spiro atoms. The highest BCUT2D eigenvalue weighted by molar-refractivity contribution is 7.96. The molecule has 2 fully saturated rings. The van der Waals surface area contributed by atoms with Crippen molar-refractivity contribution in [1.82, 2.24) is 4.31 Å². The first-order chi connectivity index (χ1) is 16.9. The van der Waals surface area contributed by atoms with Crippen molar-refractivity contribution in [2.24, 2.45) is 5.92 Å². The minimum Gasteiger partial charge on any atom is -0.381 e. The molecule has 1 aliphatic carbocycles. The highest BCUT2D eigenvalue weighted by Crippen LogP contribution is 2.39. The van der Waals surface area contributed by atoms with Crippen LogP contribution in [0, 0.1) is 5.92 Å². The van der Waals surface area contributed by atoms with Crippen LogP contribution >= 0.6 is 12.2 Å². The molecule has 0 bridgehead atoms. The Kier molecular flexibility index (Phi) is 7.97. The van der Waals surface area contributed by atoms with Gasteiger partial charge in [-0.1, -0.05) is 36.5 Å². The number of hydrogen-bond acceptors (Lipinski definition) is 6. The number of aliphatic hydroxyl groups is 1. The summed E-state index contributed by atoms with van der Waals surface area (Å²) in [7, 11) is -3.76. The SMILES string of the molecule is C[C@](O)(c1ccc(N2CCN(S(=O)(=O)C3=CC=CCC3=S)C[C@@H]2CC2CCOCC2)cc1)C(F)(F)F. The van der Waals surface area contributed by atoms with E-state index in [1.165, 1.54) is 16.4 Å². The second kappa shape index (κ2) is 10.5. The molecule has 2 atom stereocenters. The van der Waals surface area contributed by atoms with E-state index in [0.717, 1.165) is 26.2 Å². The summed E-state index contributed by atoms with van der Waals surface area (Å²) >= 11 is 5.32. The third-order valence-electron chi connectivity index (χ3n) is 7.28. The first-order valence-electron chi connectivity index (χ1n) is 12.1. The van der Waals surface area contributed by atoms with Crippen LogP contribution in [0.15, 0.2) is 47.4 Å². The Hall–Kier alpha value is -1.79. The highest BCUT2D eigenvalue weighted by Gasteiger charge is 2.51. The van der Waals surface area contributed by atoms with Crippen LogP contribution in [0.1, 0.15) is 38.2 Å². The Morgan fingerprint density at radius 3 is 2.42 bits per heavy atom. The Morgan fingerprint density at radius 1 is 1.14 bits per heavy atom. The molecule has 11 heteroatoms. The molecule has 3 aliphatic rings. The van der Waals surface area contributed by atoms with Crippen LogP contribution in [-0.2, 0) is 20.4 Å². The van der Waals surface area contributed by atoms with Crippen LogP contribution in [0.4, 0.5) is 18.9 Å². The normalized spacial score (nSPS) is 24.5. The van der Waals surface area contributed by atoms with Crippen molar-refractivity contribution in [2.45, 2.75) is 50.4 Å². The van der Waals surface area contributed by atoms with Gasteiger partial charge in [0.1, 0.15) is 0 Å². The zero-order valence-electron chi connectivity index (χ0n) is 20.1. The van der Waals surface area contributed by atoms with Gasteiger partial charge in [0.2, 0.25) is 10.0 Å². The van der Waals surface area contributed by atoms with Gasteiger partial charge in [0.15, 0.2) is 5.60 Å². The van der Waals surface area contributed by atoms with Crippen molar-refractivity contribution < 1.29 is 31.4 Å². The Morgan fingerprint density at radius 2 is 1.81 bits per heavy atom. The fourth-order valence-corrected chi connectivity index (χ4v) is 7.06. The molecule has 1 aromatic carbocycles. The van der Waals surface area contributed by atoms with Crippen molar-refractivity contribution in [2.75, 3.05) is 37.7 Å². The van der Waals surface area contributed by atoms with Gasteiger partial charge in [0, 0.05) is 55.9 Å². The van der Waals surface area contributed by atoms with E-state index in [0.29, 0.717) is 42.6 Å². The summed E-state index contributed by atoms with van der Waals surface area (Å²) in [6.07, 6.45) is 3.19. The van der Waals surface area contributed by atoms with Crippen LogP contribution < -0.4 is 4.90 Å². The maximum Gasteiger partial charge on any atom is 0.421 e. The fourth-order valence-electron chi connectivity index (χ4n) is 4.99. The number of sulfonamides is 1. The summed E-state index contributed by atoms with van der Waals surface area (Å²) in [5.41, 5.74) is -2.51. The second-order valence-electron chi connectivity index (χ2n) is 9.70. The number of piperazine rings is 1. The molecule has 1 N–H and O–H groups in total. The number of benzene rings is 1. The number of halogens is 3. The third-order valence-corrected chi connectivity index (χ3v) is 9.75. The molecular weight excluding hydrogens is 513 g/mol. The van der Waals surface area contributed by atoms with Gasteiger partial charge in [-0.05, 0) is 55.9 Å². The van der Waals surface area contributed by atoms with E-state index < -0.39 is 21.8 Å². The van der Waals surface area contributed by atoms with Crippen LogP contribution in [0.3, 0.4) is 0 Å². The number of nitrogens with zero attached hydrogens (tertiary/aromatic N) is 2. The van der Waals surface area contributed by atoms with Crippen molar-refractivity contribution in [1.29, 1.82) is 0 Å². The molecule has 36 heavy (non-hydrogen) atoms. The van der Waals surface area contributed by atoms with E-state index in [4.69, 9.17) is 17.0 Å². The molecule has 0 amide bonds. The lowest BCUT2D eigenvalue weighted by Gasteiger charge is -2.44. The second-order valence-corrected chi connectivity index (χ2v) is 12.1. The van der Waals surface area contributed by atoms with Crippen molar-refractivity contribution in [3.8, 4) is 0 Å². The quantitative estimate of drug-likeness (QED) is 0.539. The van der Waals surface area contributed by atoms with Crippen LogP contribution in [0.5, 0.6) is 0 Å². The first kappa shape index (κ1) is 27.3. The summed E-state index contributed by atoms with van der Waals surface area (Å²) in [6.45, 7) is 2.93. The average Bonchev–Trinajstić information content (AvgIpc) is 2.84. The molecule has 0 saturated carbocycles. The predicted molar refractivity (Wildman–Crippen MR) is 136 cm³/mol. The zero-order valence-corrected chi connectivity index (χ0v) is 21.7. The lowest BCUT2D eigenvalue weighted by atomic mass is 9.90. The molecular formula is C25H31F3N2O4S2. The van der Waals surface area contributed by atoms with Crippen molar-refractivity contribution >= 4 is 32.8 Å². The van der Waals surface area contributed by atoms with E-state index in [2.05, 4.69) is 4.90 Å². The predicted octanol–water partition coefficient (Wildman–Crippen LogP) is 4.31. The largest absolute Gasteiger partial charge is 0.421 e. The number of allylic oxidation sites excluding steroid dienone is 4. The van der Waals surface area contributed by atoms with Gasteiger partial charge in [-0.25, -0.2) is 8.42 Å². The van der Waals surface area contributed by atoms with Crippen LogP contribution in [0.2, 0.25) is 0 Å². The van der Waals surface area contributed by atoms with E-state index in [1.807, 2.05) is 6.08 Å². The zero-order chi connectivity index (χ0) is 26.1. The lowest BCUT2D eigenvalue weighted by molar-refractivity contribution is -0.258. The van der Waals surface area contributed by atoms with E-state index in [1.54, 1.807) is 24.3 Å². The van der Waals surface area contributed by atoms with Crippen LogP contribution in [0.25, 0.3) is 0 Å². The van der Waals surface area contributed by atoms with Crippen molar-refractivity contribution in [3.63, 3.8) is 0 Å². The van der Waals surface area contributed by atoms with E-state index in [9.17, 15) is 26.7 Å². The Bertz CT molecular complexity index is 1120. The van der Waals surface area contributed by atoms with Crippen molar-refractivity contribution in [3.05, 3.63) is 53.0 Å². The number of thiocarbonyl (C=S) groups is 1. The average molecular weight is 545 g/mol. The molecule has 0 aromatic heterocycles. The monoisotopic (exact) mass is 544 g/mol. The third kappa shape index (κ3) is 5.55. The number of ether oxygens (including phenoxy) is 1. The summed E-state index contributed by atoms with van der Waals surface area (Å²) in [6, 6.07) is 5.55. The molecule has 4 rings (SSSR count). The van der Waals surface area contributed by atoms with Gasteiger partial charge in [-0.3, -0.25) is 0 Å². The molecule has 1 aromatic rings. The lowest BCUT2D eigenvalue weighted by Crippen LogP contribution is -2.56. The Labute approximate surface area is 215 Å². The molecule has 0 unspecified atom stereocenters.